The van der Waals surface area contributed by atoms with Gasteiger partial charge in [-0.2, -0.15) is 0 Å². The smallest absolute Gasteiger partial charge is 0.338 e. The van der Waals surface area contributed by atoms with Crippen LogP contribution in [0.25, 0.3) is 0 Å². The SMILES string of the molecule is C=CCN1C(=O)N[C@@H](c2ccc(Cl)cc2Cl)C(C(=O)OCC)=C1CN1CCN(C(=O)NC(C)(C)C)[C@H](C)C1. The molecular formula is C27H37Cl2N5O4. The zero-order valence-electron chi connectivity index (χ0n) is 22.6. The number of urea groups is 2. The van der Waals surface area contributed by atoms with Crippen molar-refractivity contribution >= 4 is 41.2 Å². The summed E-state index contributed by atoms with van der Waals surface area (Å²) in [6.07, 6.45) is 1.61. The number of carbonyl (C=O) groups excluding carboxylic acids is 3. The molecule has 0 saturated carbocycles. The highest BCUT2D eigenvalue weighted by Crippen LogP contribution is 2.36. The topological polar surface area (TPSA) is 94.2 Å². The highest BCUT2D eigenvalue weighted by Gasteiger charge is 2.40. The van der Waals surface area contributed by atoms with Gasteiger partial charge in [0, 0.05) is 60.0 Å². The molecule has 2 aliphatic heterocycles. The van der Waals surface area contributed by atoms with E-state index in [9.17, 15) is 14.4 Å². The van der Waals surface area contributed by atoms with Gasteiger partial charge in [0.2, 0.25) is 0 Å². The Kier molecular flexibility index (Phi) is 9.73. The molecule has 0 radical (unpaired) electrons. The minimum absolute atomic E-state index is 0.0791. The van der Waals surface area contributed by atoms with E-state index in [0.29, 0.717) is 53.1 Å². The molecule has 9 nitrogen and oxygen atoms in total. The van der Waals surface area contributed by atoms with Crippen LogP contribution in [-0.2, 0) is 9.53 Å². The maximum absolute atomic E-state index is 13.4. The third-order valence-corrected chi connectivity index (χ3v) is 6.91. The van der Waals surface area contributed by atoms with Gasteiger partial charge >= 0.3 is 18.0 Å². The van der Waals surface area contributed by atoms with Crippen LogP contribution in [0.3, 0.4) is 0 Å². The van der Waals surface area contributed by atoms with E-state index >= 15 is 0 Å². The lowest BCUT2D eigenvalue weighted by Gasteiger charge is -2.43. The molecule has 2 atom stereocenters. The molecular weight excluding hydrogens is 529 g/mol. The number of rotatable bonds is 7. The molecule has 2 aliphatic rings. The van der Waals surface area contributed by atoms with Crippen molar-refractivity contribution < 1.29 is 19.1 Å². The summed E-state index contributed by atoms with van der Waals surface area (Å²) < 4.78 is 5.44. The van der Waals surface area contributed by atoms with Gasteiger partial charge in [-0.05, 0) is 52.3 Å². The molecule has 4 amide bonds. The predicted octanol–water partition coefficient (Wildman–Crippen LogP) is 4.58. The first kappa shape index (κ1) is 29.8. The summed E-state index contributed by atoms with van der Waals surface area (Å²) in [6.45, 7) is 15.7. The average Bonchev–Trinajstić information content (AvgIpc) is 2.80. The predicted molar refractivity (Wildman–Crippen MR) is 149 cm³/mol. The average molecular weight is 567 g/mol. The Balaban J connectivity index is 1.99. The molecule has 11 heteroatoms. The van der Waals surface area contributed by atoms with E-state index in [0.717, 1.165) is 0 Å². The van der Waals surface area contributed by atoms with Crippen molar-refractivity contribution in [2.45, 2.75) is 52.2 Å². The molecule has 208 valence electrons. The van der Waals surface area contributed by atoms with Crippen LogP contribution < -0.4 is 10.6 Å². The largest absolute Gasteiger partial charge is 0.463 e. The Morgan fingerprint density at radius 2 is 1.97 bits per heavy atom. The third kappa shape index (κ3) is 7.01. The van der Waals surface area contributed by atoms with E-state index in [1.807, 2.05) is 32.6 Å². The van der Waals surface area contributed by atoms with Crippen LogP contribution in [0.1, 0.15) is 46.2 Å². The summed E-state index contributed by atoms with van der Waals surface area (Å²) in [5.74, 6) is -0.538. The van der Waals surface area contributed by atoms with Crippen molar-refractivity contribution in [2.75, 3.05) is 39.3 Å². The van der Waals surface area contributed by atoms with Gasteiger partial charge in [0.05, 0.1) is 18.2 Å². The summed E-state index contributed by atoms with van der Waals surface area (Å²) in [6, 6.07) is 3.55. The van der Waals surface area contributed by atoms with Crippen LogP contribution in [0.4, 0.5) is 9.59 Å². The van der Waals surface area contributed by atoms with E-state index in [1.165, 1.54) is 4.90 Å². The highest BCUT2D eigenvalue weighted by atomic mass is 35.5. The number of hydrogen-bond donors (Lipinski definition) is 2. The van der Waals surface area contributed by atoms with E-state index in [-0.39, 0.29) is 36.8 Å². The summed E-state index contributed by atoms with van der Waals surface area (Å²) in [5, 5.41) is 6.70. The molecule has 0 aromatic heterocycles. The molecule has 2 N–H and O–H groups in total. The minimum atomic E-state index is -0.821. The Morgan fingerprint density at radius 1 is 1.26 bits per heavy atom. The molecule has 1 fully saturated rings. The van der Waals surface area contributed by atoms with Crippen molar-refractivity contribution in [2.24, 2.45) is 0 Å². The zero-order valence-corrected chi connectivity index (χ0v) is 24.2. The summed E-state index contributed by atoms with van der Waals surface area (Å²) in [4.78, 5) is 44.9. The lowest BCUT2D eigenvalue weighted by molar-refractivity contribution is -0.139. The molecule has 0 aliphatic carbocycles. The third-order valence-electron chi connectivity index (χ3n) is 6.35. The molecule has 1 aromatic carbocycles. The lowest BCUT2D eigenvalue weighted by atomic mass is 9.93. The van der Waals surface area contributed by atoms with E-state index in [4.69, 9.17) is 27.9 Å². The van der Waals surface area contributed by atoms with Crippen LogP contribution in [0, 0.1) is 0 Å². The van der Waals surface area contributed by atoms with Gasteiger partial charge in [-0.3, -0.25) is 9.80 Å². The molecule has 0 bridgehead atoms. The molecule has 3 rings (SSSR count). The number of ether oxygens (including phenoxy) is 1. The quantitative estimate of drug-likeness (QED) is 0.373. The lowest BCUT2D eigenvalue weighted by Crippen LogP contribution is -2.59. The van der Waals surface area contributed by atoms with Crippen LogP contribution >= 0.6 is 23.2 Å². The van der Waals surface area contributed by atoms with Crippen LogP contribution in [0.5, 0.6) is 0 Å². The normalized spacial score (nSPS) is 20.8. The number of benzene rings is 1. The van der Waals surface area contributed by atoms with E-state index in [2.05, 4.69) is 22.1 Å². The first-order chi connectivity index (χ1) is 17.9. The molecule has 38 heavy (non-hydrogen) atoms. The van der Waals surface area contributed by atoms with Gasteiger partial charge in [-0.15, -0.1) is 6.58 Å². The number of nitrogens with one attached hydrogen (secondary N) is 2. The van der Waals surface area contributed by atoms with Gasteiger partial charge in [0.15, 0.2) is 0 Å². The van der Waals surface area contributed by atoms with Crippen molar-refractivity contribution in [1.82, 2.24) is 25.3 Å². The summed E-state index contributed by atoms with van der Waals surface area (Å²) in [5.41, 5.74) is 1.02. The number of halogens is 2. The van der Waals surface area contributed by atoms with Crippen molar-refractivity contribution in [3.63, 3.8) is 0 Å². The monoisotopic (exact) mass is 565 g/mol. The first-order valence-electron chi connectivity index (χ1n) is 12.7. The van der Waals surface area contributed by atoms with E-state index in [1.54, 1.807) is 31.2 Å². The van der Waals surface area contributed by atoms with Gasteiger partial charge in [0.25, 0.3) is 0 Å². The van der Waals surface area contributed by atoms with Crippen molar-refractivity contribution in [1.29, 1.82) is 0 Å². The van der Waals surface area contributed by atoms with Gasteiger partial charge in [-0.1, -0.05) is 35.3 Å². The maximum Gasteiger partial charge on any atom is 0.338 e. The number of esters is 1. The number of amides is 4. The Labute approximate surface area is 234 Å². The fourth-order valence-corrected chi connectivity index (χ4v) is 5.21. The fourth-order valence-electron chi connectivity index (χ4n) is 4.70. The minimum Gasteiger partial charge on any atom is -0.463 e. The van der Waals surface area contributed by atoms with Crippen molar-refractivity contribution in [3.8, 4) is 0 Å². The molecule has 0 spiro atoms. The second-order valence-electron chi connectivity index (χ2n) is 10.5. The number of nitrogens with zero attached hydrogens (tertiary/aromatic N) is 3. The molecule has 2 heterocycles. The maximum atomic E-state index is 13.4. The summed E-state index contributed by atoms with van der Waals surface area (Å²) >= 11 is 12.6. The van der Waals surface area contributed by atoms with Crippen LogP contribution in [-0.4, -0.2) is 83.6 Å². The van der Waals surface area contributed by atoms with Gasteiger partial charge < -0.3 is 20.3 Å². The molecule has 1 aromatic rings. The number of hydrogen-bond acceptors (Lipinski definition) is 5. The number of carbonyl (C=O) groups is 3. The molecule has 0 unspecified atom stereocenters. The Morgan fingerprint density at radius 3 is 2.55 bits per heavy atom. The van der Waals surface area contributed by atoms with Crippen LogP contribution in [0.15, 0.2) is 42.1 Å². The Hall–Kier alpha value is -2.75. The number of piperazine rings is 1. The Bertz CT molecular complexity index is 1120. The first-order valence-corrected chi connectivity index (χ1v) is 13.5. The van der Waals surface area contributed by atoms with Crippen LogP contribution in [0.2, 0.25) is 10.0 Å². The fraction of sp³-hybridized carbons (Fsp3) is 0.519. The standard InChI is InChI=1S/C27H37Cl2N5O4/c1-7-11-34-21(16-32-12-13-33(17(3)15-32)26(37)31-27(4,5)6)22(24(35)38-8-2)23(30-25(34)36)19-10-9-18(28)14-20(19)29/h7,9-10,14,17,23H,1,8,11-13,15-16H2,2-6H3,(H,30,36)(H,31,37)/t17-,23+/m1/s1. The molecule has 1 saturated heterocycles. The highest BCUT2D eigenvalue weighted by molar-refractivity contribution is 6.35. The van der Waals surface area contributed by atoms with Gasteiger partial charge in [-0.25, -0.2) is 14.4 Å². The second kappa shape index (κ2) is 12.4. The summed E-state index contributed by atoms with van der Waals surface area (Å²) in [7, 11) is 0. The van der Waals surface area contributed by atoms with E-state index < -0.39 is 12.0 Å². The zero-order chi connectivity index (χ0) is 28.2. The second-order valence-corrected chi connectivity index (χ2v) is 11.3. The van der Waals surface area contributed by atoms with Gasteiger partial charge in [0.1, 0.15) is 0 Å². The van der Waals surface area contributed by atoms with Crippen molar-refractivity contribution in [3.05, 3.63) is 57.7 Å².